The van der Waals surface area contributed by atoms with Gasteiger partial charge < -0.3 is 9.32 Å². The second kappa shape index (κ2) is 12.1. The van der Waals surface area contributed by atoms with Gasteiger partial charge in [-0.25, -0.2) is 4.98 Å². The molecule has 0 amide bonds. The Balaban J connectivity index is 1.19. The van der Waals surface area contributed by atoms with E-state index in [-0.39, 0.29) is 0 Å². The third-order valence-corrected chi connectivity index (χ3v) is 10.9. The first-order chi connectivity index (χ1) is 25.3. The molecular formula is C47H30N2OS. The van der Waals surface area contributed by atoms with Crippen LogP contribution < -0.4 is 4.90 Å². The van der Waals surface area contributed by atoms with Gasteiger partial charge in [0.2, 0.25) is 5.89 Å². The second-order valence-electron chi connectivity index (χ2n) is 12.8. The van der Waals surface area contributed by atoms with Gasteiger partial charge in [0.05, 0.1) is 10.4 Å². The van der Waals surface area contributed by atoms with Crippen molar-refractivity contribution in [2.45, 2.75) is 0 Å². The summed E-state index contributed by atoms with van der Waals surface area (Å²) >= 11 is 1.80. The summed E-state index contributed by atoms with van der Waals surface area (Å²) < 4.78 is 9.10. The average Bonchev–Trinajstić information content (AvgIpc) is 3.81. The number of benzene rings is 8. The molecule has 0 aliphatic carbocycles. The van der Waals surface area contributed by atoms with Crippen LogP contribution >= 0.6 is 11.3 Å². The molecule has 4 heteroatoms. The SMILES string of the molecule is c1ccc(-c2ccc(-c3nc4cc(N(c5ccc(-c6ccccc6)cc5)c5ccc6ccccc6c5)c5sc6ccccc6c5c4o3)cc2)cc1. The van der Waals surface area contributed by atoms with Crippen molar-refractivity contribution in [2.24, 2.45) is 0 Å². The van der Waals surface area contributed by atoms with Crippen LogP contribution in [0.25, 0.3) is 75.8 Å². The normalized spacial score (nSPS) is 11.5. The van der Waals surface area contributed by atoms with Gasteiger partial charge >= 0.3 is 0 Å². The first-order valence-corrected chi connectivity index (χ1v) is 17.9. The lowest BCUT2D eigenvalue weighted by Gasteiger charge is -2.26. The van der Waals surface area contributed by atoms with Crippen LogP contribution in [0.3, 0.4) is 0 Å². The molecule has 0 atom stereocenters. The van der Waals surface area contributed by atoms with Crippen molar-refractivity contribution in [3.63, 3.8) is 0 Å². The van der Waals surface area contributed by atoms with Gasteiger partial charge in [-0.1, -0.05) is 133 Å². The van der Waals surface area contributed by atoms with E-state index >= 15 is 0 Å². The van der Waals surface area contributed by atoms with E-state index in [2.05, 4.69) is 181 Å². The molecule has 240 valence electrons. The van der Waals surface area contributed by atoms with E-state index in [0.29, 0.717) is 5.89 Å². The van der Waals surface area contributed by atoms with Gasteiger partial charge in [0.15, 0.2) is 5.58 Å². The Labute approximate surface area is 299 Å². The van der Waals surface area contributed by atoms with Crippen molar-refractivity contribution >= 4 is 70.4 Å². The van der Waals surface area contributed by atoms with Crippen LogP contribution in [0, 0.1) is 0 Å². The van der Waals surface area contributed by atoms with Crippen LogP contribution in [0.2, 0.25) is 0 Å². The minimum atomic E-state index is 0.614. The van der Waals surface area contributed by atoms with Crippen molar-refractivity contribution in [3.8, 4) is 33.7 Å². The van der Waals surface area contributed by atoms with Gasteiger partial charge in [0.1, 0.15) is 5.52 Å². The van der Waals surface area contributed by atoms with E-state index in [0.717, 1.165) is 49.4 Å². The molecule has 0 bridgehead atoms. The van der Waals surface area contributed by atoms with Crippen molar-refractivity contribution in [1.29, 1.82) is 0 Å². The number of oxazole rings is 1. The summed E-state index contributed by atoms with van der Waals surface area (Å²) in [6.45, 7) is 0. The van der Waals surface area contributed by atoms with E-state index in [1.165, 1.54) is 37.5 Å². The summed E-state index contributed by atoms with van der Waals surface area (Å²) in [4.78, 5) is 7.54. The summed E-state index contributed by atoms with van der Waals surface area (Å²) in [5, 5.41) is 4.67. The second-order valence-corrected chi connectivity index (χ2v) is 13.8. The highest BCUT2D eigenvalue weighted by Gasteiger charge is 2.24. The molecule has 0 N–H and O–H groups in total. The summed E-state index contributed by atoms with van der Waals surface area (Å²) in [6.07, 6.45) is 0. The van der Waals surface area contributed by atoms with Crippen LogP contribution in [0.15, 0.2) is 186 Å². The Hall–Kier alpha value is -6.49. The van der Waals surface area contributed by atoms with E-state index < -0.39 is 0 Å². The summed E-state index contributed by atoms with van der Waals surface area (Å²) in [7, 11) is 0. The minimum Gasteiger partial charge on any atom is -0.435 e. The quantitative estimate of drug-likeness (QED) is 0.176. The smallest absolute Gasteiger partial charge is 0.227 e. The molecule has 0 radical (unpaired) electrons. The van der Waals surface area contributed by atoms with Crippen molar-refractivity contribution in [3.05, 3.63) is 182 Å². The largest absolute Gasteiger partial charge is 0.435 e. The first kappa shape index (κ1) is 29.4. The van der Waals surface area contributed by atoms with Gasteiger partial charge in [-0.15, -0.1) is 11.3 Å². The van der Waals surface area contributed by atoms with Gasteiger partial charge in [-0.2, -0.15) is 0 Å². The lowest BCUT2D eigenvalue weighted by molar-refractivity contribution is 0.623. The lowest BCUT2D eigenvalue weighted by atomic mass is 10.0. The fourth-order valence-electron chi connectivity index (χ4n) is 7.16. The zero-order chi connectivity index (χ0) is 33.7. The topological polar surface area (TPSA) is 29.3 Å². The number of aromatic nitrogens is 1. The minimum absolute atomic E-state index is 0.614. The highest BCUT2D eigenvalue weighted by molar-refractivity contribution is 7.26. The molecule has 51 heavy (non-hydrogen) atoms. The first-order valence-electron chi connectivity index (χ1n) is 17.1. The number of thiophene rings is 1. The number of nitrogens with zero attached hydrogens (tertiary/aromatic N) is 2. The predicted molar refractivity (Wildman–Crippen MR) is 215 cm³/mol. The maximum Gasteiger partial charge on any atom is 0.227 e. The van der Waals surface area contributed by atoms with Crippen LogP contribution in [0.1, 0.15) is 0 Å². The molecule has 3 nitrogen and oxygen atoms in total. The molecule has 0 aliphatic heterocycles. The van der Waals surface area contributed by atoms with Crippen LogP contribution in [0.4, 0.5) is 17.1 Å². The van der Waals surface area contributed by atoms with E-state index in [1.54, 1.807) is 11.3 Å². The molecule has 2 aromatic heterocycles. The number of fused-ring (bicyclic) bond motifs is 6. The Morgan fingerprint density at radius 2 is 1.04 bits per heavy atom. The molecule has 0 spiro atoms. The molecule has 8 aromatic carbocycles. The third kappa shape index (κ3) is 5.16. The fourth-order valence-corrected chi connectivity index (χ4v) is 8.36. The predicted octanol–water partition coefficient (Wildman–Crippen LogP) is 13.8. The zero-order valence-corrected chi connectivity index (χ0v) is 28.3. The zero-order valence-electron chi connectivity index (χ0n) is 27.5. The third-order valence-electron chi connectivity index (χ3n) is 9.69. The van der Waals surface area contributed by atoms with E-state index in [4.69, 9.17) is 9.40 Å². The van der Waals surface area contributed by atoms with Crippen LogP contribution in [-0.2, 0) is 0 Å². The molecule has 0 fully saturated rings. The summed E-state index contributed by atoms with van der Waals surface area (Å²) in [5.74, 6) is 0.614. The average molecular weight is 671 g/mol. The Bertz CT molecular complexity index is 2840. The standard InChI is InChI=1S/C47H30N2OS/c1-3-11-31(12-4-1)34-19-21-36(22-20-34)47-48-41-30-42(46-44(45(41)50-47)40-17-9-10-18-43(40)51-46)49(39-28-25-33-15-7-8-16-37(33)29-39)38-26-23-35(24-27-38)32-13-5-2-6-14-32/h1-30H. The molecule has 0 aliphatic rings. The molecule has 0 unspecified atom stereocenters. The molecular weight excluding hydrogens is 641 g/mol. The van der Waals surface area contributed by atoms with Crippen LogP contribution in [-0.4, -0.2) is 4.98 Å². The summed E-state index contributed by atoms with van der Waals surface area (Å²) in [6, 6.07) is 64.4. The molecule has 10 aromatic rings. The highest BCUT2D eigenvalue weighted by Crippen LogP contribution is 2.49. The van der Waals surface area contributed by atoms with Crippen molar-refractivity contribution < 1.29 is 4.42 Å². The van der Waals surface area contributed by atoms with E-state index in [1.807, 2.05) is 6.07 Å². The molecule has 10 rings (SSSR count). The maximum absolute atomic E-state index is 6.72. The lowest BCUT2D eigenvalue weighted by Crippen LogP contribution is -2.10. The summed E-state index contributed by atoms with van der Waals surface area (Å²) in [5.41, 5.74) is 10.5. The number of rotatable bonds is 6. The molecule has 0 saturated carbocycles. The number of hydrogen-bond acceptors (Lipinski definition) is 4. The van der Waals surface area contributed by atoms with Crippen LogP contribution in [0.5, 0.6) is 0 Å². The fraction of sp³-hybridized carbons (Fsp3) is 0. The van der Waals surface area contributed by atoms with Crippen molar-refractivity contribution in [1.82, 2.24) is 4.98 Å². The Morgan fingerprint density at radius 3 is 1.76 bits per heavy atom. The van der Waals surface area contributed by atoms with Crippen molar-refractivity contribution in [2.75, 3.05) is 4.90 Å². The monoisotopic (exact) mass is 670 g/mol. The van der Waals surface area contributed by atoms with Gasteiger partial charge in [0, 0.05) is 32.4 Å². The van der Waals surface area contributed by atoms with Gasteiger partial charge in [-0.3, -0.25) is 0 Å². The Kier molecular flexibility index (Phi) is 7.00. The van der Waals surface area contributed by atoms with Gasteiger partial charge in [-0.05, 0) is 81.6 Å². The number of anilines is 3. The Morgan fingerprint density at radius 1 is 0.471 bits per heavy atom. The van der Waals surface area contributed by atoms with Gasteiger partial charge in [0.25, 0.3) is 0 Å². The molecule has 0 saturated heterocycles. The maximum atomic E-state index is 6.72. The number of hydrogen-bond donors (Lipinski definition) is 0. The molecule has 2 heterocycles. The highest BCUT2D eigenvalue weighted by atomic mass is 32.1. The van der Waals surface area contributed by atoms with E-state index in [9.17, 15) is 0 Å².